The van der Waals surface area contributed by atoms with E-state index in [4.69, 9.17) is 23.7 Å². The highest BCUT2D eigenvalue weighted by Gasteiger charge is 2.37. The summed E-state index contributed by atoms with van der Waals surface area (Å²) < 4.78 is 27.2. The van der Waals surface area contributed by atoms with Crippen LogP contribution in [0.5, 0.6) is 23.0 Å². The molecule has 40 heavy (non-hydrogen) atoms. The first-order chi connectivity index (χ1) is 19.3. The zero-order chi connectivity index (χ0) is 28.6. The maximum absolute atomic E-state index is 12.7. The first kappa shape index (κ1) is 29.0. The van der Waals surface area contributed by atoms with Crippen LogP contribution in [0, 0.1) is 11.8 Å². The topological polar surface area (TPSA) is 116 Å². The van der Waals surface area contributed by atoms with Crippen molar-refractivity contribution < 1.29 is 38.1 Å². The molecule has 2 amide bonds. The van der Waals surface area contributed by atoms with Crippen molar-refractivity contribution in [2.45, 2.75) is 12.8 Å². The van der Waals surface area contributed by atoms with Crippen molar-refractivity contribution in [3.63, 3.8) is 0 Å². The fraction of sp³-hybridized carbons (Fsp3) is 0.483. The average molecular weight is 556 g/mol. The van der Waals surface area contributed by atoms with Gasteiger partial charge in [0.05, 0.1) is 40.4 Å². The summed E-state index contributed by atoms with van der Waals surface area (Å²) in [5, 5.41) is 3.03. The zero-order valence-corrected chi connectivity index (χ0v) is 23.4. The Balaban J connectivity index is 1.38. The number of cyclic esters (lactones) is 1. The predicted octanol–water partition coefficient (Wildman–Crippen LogP) is 2.15. The summed E-state index contributed by atoms with van der Waals surface area (Å²) in [6.07, 6.45) is 0.554. The van der Waals surface area contributed by atoms with Gasteiger partial charge in [0.25, 0.3) is 0 Å². The molecule has 0 aromatic heterocycles. The lowest BCUT2D eigenvalue weighted by atomic mass is 9.85. The first-order valence-electron chi connectivity index (χ1n) is 13.3. The monoisotopic (exact) mass is 555 g/mol. The highest BCUT2D eigenvalue weighted by atomic mass is 16.6. The largest absolute Gasteiger partial charge is 0.493 e. The van der Waals surface area contributed by atoms with E-state index in [2.05, 4.69) is 5.32 Å². The molecule has 0 bridgehead atoms. The predicted molar refractivity (Wildman–Crippen MR) is 146 cm³/mol. The van der Waals surface area contributed by atoms with Crippen LogP contribution >= 0.6 is 0 Å². The number of esters is 1. The van der Waals surface area contributed by atoms with E-state index in [1.165, 1.54) is 12.0 Å². The molecule has 4 rings (SSSR count). The maximum atomic E-state index is 12.7. The van der Waals surface area contributed by atoms with Crippen LogP contribution < -0.4 is 24.3 Å². The number of methoxy groups -OCH3 is 3. The normalized spacial score (nSPS) is 18.8. The second kappa shape index (κ2) is 13.4. The second-order valence-electron chi connectivity index (χ2n) is 9.93. The smallest absolute Gasteiger partial charge is 0.415 e. The standard InChI is InChI=1S/C29H37N3O8/c1-31(11-12-32-10-9-30-17-27(32)33)29(35)40-24-8-6-20(16-26(24)38-4)14-22-21(18-39-28(22)34)13-19-5-7-23(36-2)25(15-19)37-3/h5-8,15-16,21-22,30H,9-14,17-18H2,1-4H3/t21-,22+/m0/s1. The highest BCUT2D eigenvalue weighted by Crippen LogP contribution is 2.35. The number of nitrogens with zero attached hydrogens (tertiary/aromatic N) is 2. The summed E-state index contributed by atoms with van der Waals surface area (Å²) in [4.78, 5) is 40.5. The summed E-state index contributed by atoms with van der Waals surface area (Å²) in [6, 6.07) is 11.0. The van der Waals surface area contributed by atoms with Crippen LogP contribution in [0.4, 0.5) is 4.79 Å². The molecule has 2 aliphatic rings. The molecule has 2 aromatic carbocycles. The minimum Gasteiger partial charge on any atom is -0.493 e. The van der Waals surface area contributed by atoms with Gasteiger partial charge < -0.3 is 38.8 Å². The van der Waals surface area contributed by atoms with Crippen molar-refractivity contribution in [3.8, 4) is 23.0 Å². The molecule has 0 saturated carbocycles. The number of likely N-dealkylation sites (N-methyl/N-ethyl adjacent to an activating group) is 1. The van der Waals surface area contributed by atoms with Crippen LogP contribution in [0.3, 0.4) is 0 Å². The summed E-state index contributed by atoms with van der Waals surface area (Å²) >= 11 is 0. The molecule has 216 valence electrons. The van der Waals surface area contributed by atoms with Gasteiger partial charge in [-0.2, -0.15) is 0 Å². The third-order valence-electron chi connectivity index (χ3n) is 7.34. The Morgan fingerprint density at radius 3 is 2.30 bits per heavy atom. The Morgan fingerprint density at radius 2 is 1.62 bits per heavy atom. The van der Waals surface area contributed by atoms with E-state index in [1.54, 1.807) is 38.3 Å². The van der Waals surface area contributed by atoms with Crippen molar-refractivity contribution in [3.05, 3.63) is 47.5 Å². The minimum atomic E-state index is -0.553. The fourth-order valence-electron chi connectivity index (χ4n) is 4.96. The summed E-state index contributed by atoms with van der Waals surface area (Å²) in [6.45, 7) is 2.78. The number of amides is 2. The molecule has 0 aliphatic carbocycles. The maximum Gasteiger partial charge on any atom is 0.415 e. The first-order valence-corrected chi connectivity index (χ1v) is 13.3. The van der Waals surface area contributed by atoms with E-state index in [9.17, 15) is 14.4 Å². The van der Waals surface area contributed by atoms with Crippen LogP contribution in [-0.4, -0.2) is 95.5 Å². The van der Waals surface area contributed by atoms with E-state index < -0.39 is 6.09 Å². The van der Waals surface area contributed by atoms with Gasteiger partial charge in [-0.1, -0.05) is 12.1 Å². The van der Waals surface area contributed by atoms with Crippen molar-refractivity contribution >= 4 is 18.0 Å². The Labute approximate surface area is 234 Å². The number of rotatable bonds is 11. The van der Waals surface area contributed by atoms with E-state index >= 15 is 0 Å². The van der Waals surface area contributed by atoms with Crippen LogP contribution in [0.2, 0.25) is 0 Å². The zero-order valence-electron chi connectivity index (χ0n) is 23.4. The number of carbonyl (C=O) groups is 3. The number of benzene rings is 2. The Hall–Kier alpha value is -3.99. The molecular formula is C29H37N3O8. The molecule has 0 radical (unpaired) electrons. The van der Waals surface area contributed by atoms with E-state index in [-0.39, 0.29) is 29.5 Å². The Kier molecular flexibility index (Phi) is 9.70. The summed E-state index contributed by atoms with van der Waals surface area (Å²) in [7, 11) is 6.31. The lowest BCUT2D eigenvalue weighted by Crippen LogP contribution is -2.50. The van der Waals surface area contributed by atoms with Crippen molar-refractivity contribution in [2.75, 3.05) is 67.7 Å². The molecule has 2 aromatic rings. The average Bonchev–Trinajstić information content (AvgIpc) is 3.30. The number of hydrogen-bond acceptors (Lipinski definition) is 9. The molecule has 2 aliphatic heterocycles. The molecular weight excluding hydrogens is 518 g/mol. The van der Waals surface area contributed by atoms with Gasteiger partial charge in [-0.15, -0.1) is 0 Å². The SMILES string of the molecule is COc1ccc(C[C@H]2COC(=O)[C@@H]2Cc2ccc(OC(=O)N(C)CCN3CCNCC3=O)c(OC)c2)cc1OC. The fourth-order valence-corrected chi connectivity index (χ4v) is 4.96. The molecule has 0 spiro atoms. The van der Waals surface area contributed by atoms with E-state index in [1.807, 2.05) is 24.3 Å². The molecule has 11 nitrogen and oxygen atoms in total. The molecule has 2 heterocycles. The Bertz CT molecular complexity index is 1220. The van der Waals surface area contributed by atoms with Crippen LogP contribution in [0.15, 0.2) is 36.4 Å². The minimum absolute atomic E-state index is 0.00897. The summed E-state index contributed by atoms with van der Waals surface area (Å²) in [5.41, 5.74) is 1.89. The van der Waals surface area contributed by atoms with Crippen LogP contribution in [-0.2, 0) is 27.2 Å². The van der Waals surface area contributed by atoms with Gasteiger partial charge in [0.15, 0.2) is 23.0 Å². The number of nitrogens with one attached hydrogen (secondary N) is 1. The van der Waals surface area contributed by atoms with Gasteiger partial charge in [-0.25, -0.2) is 4.79 Å². The van der Waals surface area contributed by atoms with Gasteiger partial charge in [0.2, 0.25) is 5.91 Å². The third-order valence-corrected chi connectivity index (χ3v) is 7.34. The summed E-state index contributed by atoms with van der Waals surface area (Å²) in [5.74, 6) is 1.40. The second-order valence-corrected chi connectivity index (χ2v) is 9.93. The van der Waals surface area contributed by atoms with Crippen LogP contribution in [0.25, 0.3) is 0 Å². The molecule has 0 unspecified atom stereocenters. The molecule has 2 atom stereocenters. The van der Waals surface area contributed by atoms with E-state index in [0.717, 1.165) is 17.7 Å². The molecule has 11 heteroatoms. The van der Waals surface area contributed by atoms with Gasteiger partial charge in [0.1, 0.15) is 0 Å². The van der Waals surface area contributed by atoms with Gasteiger partial charge in [0, 0.05) is 39.1 Å². The molecule has 2 fully saturated rings. The third kappa shape index (κ3) is 6.95. The molecule has 1 N–H and O–H groups in total. The Morgan fingerprint density at radius 1 is 0.975 bits per heavy atom. The highest BCUT2D eigenvalue weighted by molar-refractivity contribution is 5.79. The lowest BCUT2D eigenvalue weighted by molar-refractivity contribution is -0.141. The number of piperazine rings is 1. The number of carbonyl (C=O) groups excluding carboxylic acids is 3. The van der Waals surface area contributed by atoms with Crippen LogP contribution in [0.1, 0.15) is 11.1 Å². The van der Waals surface area contributed by atoms with Gasteiger partial charge in [-0.3, -0.25) is 9.59 Å². The number of hydrogen-bond donors (Lipinski definition) is 1. The van der Waals surface area contributed by atoms with Crippen molar-refractivity contribution in [1.29, 1.82) is 0 Å². The van der Waals surface area contributed by atoms with E-state index in [0.29, 0.717) is 62.9 Å². The van der Waals surface area contributed by atoms with Gasteiger partial charge >= 0.3 is 12.1 Å². The quantitative estimate of drug-likeness (QED) is 0.417. The number of ether oxygens (including phenoxy) is 5. The van der Waals surface area contributed by atoms with Crippen molar-refractivity contribution in [1.82, 2.24) is 15.1 Å². The lowest BCUT2D eigenvalue weighted by Gasteiger charge is -2.29. The van der Waals surface area contributed by atoms with Gasteiger partial charge in [-0.05, 0) is 48.2 Å². The van der Waals surface area contributed by atoms with Crippen molar-refractivity contribution in [2.24, 2.45) is 11.8 Å². The molecule has 2 saturated heterocycles.